The summed E-state index contributed by atoms with van der Waals surface area (Å²) in [5, 5.41) is 2.40. The first-order valence-electron chi connectivity index (χ1n) is 2.82. The minimum Gasteiger partial charge on any atom is -0.303 e. The molecule has 50 valence electrons. The van der Waals surface area contributed by atoms with Gasteiger partial charge in [-0.3, -0.25) is 14.2 Å². The Hall–Kier alpha value is -1.58. The smallest absolute Gasteiger partial charge is 0.303 e. The summed E-state index contributed by atoms with van der Waals surface area (Å²) in [6.45, 7) is 0. The highest BCUT2D eigenvalue weighted by Crippen LogP contribution is 2.14. The molecule has 1 aromatic rings. The molecule has 2 rings (SSSR count). The fraction of sp³-hybridized carbons (Fsp3) is 0. The molecule has 1 aliphatic heterocycles. The Labute approximate surface area is 56.4 Å². The van der Waals surface area contributed by atoms with Crippen molar-refractivity contribution < 1.29 is 9.59 Å². The number of rotatable bonds is 0. The minimum absolute atomic E-state index is 0.514. The van der Waals surface area contributed by atoms with Gasteiger partial charge in [-0.05, 0) is 12.1 Å². The SMILES string of the molecule is O=C1Nc2cccn2C1=O. The highest BCUT2D eigenvalue weighted by Gasteiger charge is 2.25. The van der Waals surface area contributed by atoms with Crippen molar-refractivity contribution in [3.05, 3.63) is 18.3 Å². The van der Waals surface area contributed by atoms with E-state index in [-0.39, 0.29) is 0 Å². The number of fused-ring (bicyclic) bond motifs is 1. The Morgan fingerprint density at radius 3 is 2.90 bits per heavy atom. The molecule has 0 fully saturated rings. The van der Waals surface area contributed by atoms with Gasteiger partial charge in [0.15, 0.2) is 0 Å². The molecule has 0 aromatic carbocycles. The van der Waals surface area contributed by atoms with Crippen LogP contribution in [0.25, 0.3) is 0 Å². The molecule has 1 aromatic heterocycles. The predicted octanol–water partition coefficient (Wildman–Crippen LogP) is 0.0804. The molecule has 0 unspecified atom stereocenters. The van der Waals surface area contributed by atoms with Crippen LogP contribution in [-0.4, -0.2) is 16.4 Å². The highest BCUT2D eigenvalue weighted by molar-refractivity contribution is 6.43. The Bertz CT molecular complexity index is 313. The van der Waals surface area contributed by atoms with Crippen molar-refractivity contribution in [2.75, 3.05) is 5.32 Å². The summed E-state index contributed by atoms with van der Waals surface area (Å²) in [6, 6.07) is 3.37. The van der Waals surface area contributed by atoms with Crippen molar-refractivity contribution in [3.63, 3.8) is 0 Å². The molecule has 0 bridgehead atoms. The number of carbonyl (C=O) groups is 2. The predicted molar refractivity (Wildman–Crippen MR) is 33.7 cm³/mol. The monoisotopic (exact) mass is 136 g/mol. The maximum absolute atomic E-state index is 10.8. The lowest BCUT2D eigenvalue weighted by molar-refractivity contribution is -0.112. The lowest BCUT2D eigenvalue weighted by Gasteiger charge is -1.85. The fourth-order valence-electron chi connectivity index (χ4n) is 0.939. The van der Waals surface area contributed by atoms with Gasteiger partial charge in [-0.2, -0.15) is 0 Å². The van der Waals surface area contributed by atoms with Crippen LogP contribution < -0.4 is 5.32 Å². The molecule has 0 aliphatic carbocycles. The van der Waals surface area contributed by atoms with Gasteiger partial charge in [-0.15, -0.1) is 0 Å². The molecule has 1 amide bonds. The van der Waals surface area contributed by atoms with Crippen LogP contribution in [0.3, 0.4) is 0 Å². The third-order valence-electron chi connectivity index (χ3n) is 1.40. The molecule has 4 nitrogen and oxygen atoms in total. The van der Waals surface area contributed by atoms with Gasteiger partial charge in [-0.25, -0.2) is 0 Å². The van der Waals surface area contributed by atoms with Gasteiger partial charge in [0, 0.05) is 6.20 Å². The van der Waals surface area contributed by atoms with E-state index >= 15 is 0 Å². The number of nitrogens with zero attached hydrogens (tertiary/aromatic N) is 1. The van der Waals surface area contributed by atoms with Crippen molar-refractivity contribution in [1.82, 2.24) is 4.57 Å². The average molecular weight is 136 g/mol. The van der Waals surface area contributed by atoms with Crippen LogP contribution in [0.5, 0.6) is 0 Å². The standard InChI is InChI=1S/C6H4N2O2/c9-5-6(10)8-3-1-2-4(8)7-5/h1-3H,(H,7,9). The number of anilines is 1. The van der Waals surface area contributed by atoms with Crippen LogP contribution in [0.2, 0.25) is 0 Å². The molecule has 0 saturated carbocycles. The summed E-state index contributed by atoms with van der Waals surface area (Å²) in [7, 11) is 0. The van der Waals surface area contributed by atoms with Crippen molar-refractivity contribution in [2.45, 2.75) is 0 Å². The third-order valence-corrected chi connectivity index (χ3v) is 1.40. The number of hydrogen-bond acceptors (Lipinski definition) is 2. The molecule has 0 spiro atoms. The maximum Gasteiger partial charge on any atom is 0.321 e. The number of amides is 1. The van der Waals surface area contributed by atoms with Gasteiger partial charge in [0.05, 0.1) is 0 Å². The second-order valence-corrected chi connectivity index (χ2v) is 2.02. The van der Waals surface area contributed by atoms with Crippen molar-refractivity contribution >= 4 is 17.6 Å². The van der Waals surface area contributed by atoms with E-state index in [1.165, 1.54) is 4.57 Å². The lowest BCUT2D eigenvalue weighted by Crippen LogP contribution is -2.16. The molecule has 0 saturated heterocycles. The van der Waals surface area contributed by atoms with Gasteiger partial charge in [0.1, 0.15) is 5.82 Å². The Kier molecular flexibility index (Phi) is 0.768. The van der Waals surface area contributed by atoms with E-state index in [1.54, 1.807) is 18.3 Å². The van der Waals surface area contributed by atoms with Crippen molar-refractivity contribution in [1.29, 1.82) is 0 Å². The summed E-state index contributed by atoms with van der Waals surface area (Å²) in [5.74, 6) is -0.523. The zero-order chi connectivity index (χ0) is 7.14. The van der Waals surface area contributed by atoms with Gasteiger partial charge in [-0.1, -0.05) is 0 Å². The Morgan fingerprint density at radius 2 is 2.20 bits per heavy atom. The van der Waals surface area contributed by atoms with E-state index in [2.05, 4.69) is 5.32 Å². The first-order valence-corrected chi connectivity index (χ1v) is 2.82. The van der Waals surface area contributed by atoms with E-state index in [0.29, 0.717) is 5.82 Å². The summed E-state index contributed by atoms with van der Waals surface area (Å²) in [4.78, 5) is 21.4. The largest absolute Gasteiger partial charge is 0.321 e. The third kappa shape index (κ3) is 0.452. The van der Waals surface area contributed by atoms with E-state index < -0.39 is 11.8 Å². The molecule has 1 aliphatic rings. The van der Waals surface area contributed by atoms with E-state index in [9.17, 15) is 9.59 Å². The Morgan fingerprint density at radius 1 is 1.40 bits per heavy atom. The van der Waals surface area contributed by atoms with Crippen LogP contribution in [-0.2, 0) is 4.79 Å². The lowest BCUT2D eigenvalue weighted by atomic mass is 10.6. The average Bonchev–Trinajstić information content (AvgIpc) is 2.41. The molecule has 10 heavy (non-hydrogen) atoms. The summed E-state index contributed by atoms with van der Waals surface area (Å²) in [6.07, 6.45) is 1.55. The Balaban J connectivity index is 2.63. The van der Waals surface area contributed by atoms with Gasteiger partial charge in [0.25, 0.3) is 0 Å². The number of hydrogen-bond donors (Lipinski definition) is 1. The number of aromatic nitrogens is 1. The molecular formula is C6H4N2O2. The van der Waals surface area contributed by atoms with Gasteiger partial charge >= 0.3 is 11.8 Å². The zero-order valence-electron chi connectivity index (χ0n) is 5.00. The fourth-order valence-corrected chi connectivity index (χ4v) is 0.939. The van der Waals surface area contributed by atoms with Crippen LogP contribution >= 0.6 is 0 Å². The summed E-state index contributed by atoms with van der Waals surface area (Å²) in [5.41, 5.74) is 0. The van der Waals surface area contributed by atoms with Crippen molar-refractivity contribution in [2.24, 2.45) is 0 Å². The maximum atomic E-state index is 10.8. The van der Waals surface area contributed by atoms with Gasteiger partial charge in [0.2, 0.25) is 0 Å². The molecule has 1 N–H and O–H groups in total. The molecule has 0 atom stereocenters. The van der Waals surface area contributed by atoms with Crippen LogP contribution in [0.1, 0.15) is 4.79 Å². The van der Waals surface area contributed by atoms with Gasteiger partial charge < -0.3 is 5.32 Å². The first-order chi connectivity index (χ1) is 4.79. The molecule has 2 heterocycles. The van der Waals surface area contributed by atoms with Crippen LogP contribution in [0.4, 0.5) is 5.82 Å². The topological polar surface area (TPSA) is 51.1 Å². The van der Waals surface area contributed by atoms with E-state index in [4.69, 9.17) is 0 Å². The normalized spacial score (nSPS) is 15.2. The highest BCUT2D eigenvalue weighted by atomic mass is 16.2. The molecule has 0 radical (unpaired) electrons. The van der Waals surface area contributed by atoms with E-state index in [0.717, 1.165) is 0 Å². The zero-order valence-corrected chi connectivity index (χ0v) is 5.00. The first kappa shape index (κ1) is 5.22. The quantitative estimate of drug-likeness (QED) is 0.513. The number of nitrogens with one attached hydrogen (secondary N) is 1. The van der Waals surface area contributed by atoms with Crippen LogP contribution in [0, 0.1) is 0 Å². The number of carbonyl (C=O) groups excluding carboxylic acids is 2. The molecular weight excluding hydrogens is 132 g/mol. The second-order valence-electron chi connectivity index (χ2n) is 2.02. The van der Waals surface area contributed by atoms with E-state index in [1.807, 2.05) is 0 Å². The summed E-state index contributed by atoms with van der Waals surface area (Å²) < 4.78 is 1.28. The van der Waals surface area contributed by atoms with Crippen LogP contribution in [0.15, 0.2) is 18.3 Å². The summed E-state index contributed by atoms with van der Waals surface area (Å²) >= 11 is 0. The minimum atomic E-state index is -0.560. The molecule has 4 heteroatoms. The second kappa shape index (κ2) is 1.47. The van der Waals surface area contributed by atoms with Crippen molar-refractivity contribution in [3.8, 4) is 0 Å².